The highest BCUT2D eigenvalue weighted by Crippen LogP contribution is 2.14. The van der Waals surface area contributed by atoms with Crippen LogP contribution in [-0.4, -0.2) is 42.4 Å². The lowest BCUT2D eigenvalue weighted by atomic mass is 10.0. The molecule has 1 unspecified atom stereocenters. The van der Waals surface area contributed by atoms with Crippen molar-refractivity contribution in [2.24, 2.45) is 11.7 Å². The van der Waals surface area contributed by atoms with Crippen LogP contribution in [0.3, 0.4) is 0 Å². The number of amides is 3. The number of ether oxygens (including phenoxy) is 2. The molecular weight excluding hydrogens is 426 g/mol. The number of benzene rings is 2. The third-order valence-electron chi connectivity index (χ3n) is 4.73. The molecule has 0 aliphatic heterocycles. The minimum Gasteiger partial charge on any atom is -0.494 e. The van der Waals surface area contributed by atoms with Gasteiger partial charge in [0.1, 0.15) is 11.8 Å². The normalized spacial score (nSPS) is 12.4. The molecule has 2 aromatic rings. The molecule has 0 aliphatic rings. The zero-order chi connectivity index (χ0) is 24.5. The zero-order valence-electron chi connectivity index (χ0n) is 19.1. The van der Waals surface area contributed by atoms with E-state index in [-0.39, 0.29) is 5.92 Å². The van der Waals surface area contributed by atoms with Crippen molar-refractivity contribution >= 4 is 29.4 Å². The topological polar surface area (TPSA) is 137 Å². The van der Waals surface area contributed by atoms with Crippen LogP contribution in [0.15, 0.2) is 48.5 Å². The first-order valence-corrected chi connectivity index (χ1v) is 10.6. The van der Waals surface area contributed by atoms with Crippen LogP contribution in [0.1, 0.15) is 48.4 Å². The predicted molar refractivity (Wildman–Crippen MR) is 123 cm³/mol. The van der Waals surface area contributed by atoms with Crippen LogP contribution in [0, 0.1) is 5.92 Å². The third-order valence-corrected chi connectivity index (χ3v) is 4.73. The van der Waals surface area contributed by atoms with E-state index in [0.717, 1.165) is 0 Å². The van der Waals surface area contributed by atoms with E-state index in [4.69, 9.17) is 15.2 Å². The summed E-state index contributed by atoms with van der Waals surface area (Å²) in [4.78, 5) is 48.8. The van der Waals surface area contributed by atoms with Gasteiger partial charge in [0.25, 0.3) is 11.8 Å². The first kappa shape index (κ1) is 25.4. The molecule has 0 heterocycles. The fourth-order valence-electron chi connectivity index (χ4n) is 2.85. The van der Waals surface area contributed by atoms with Crippen LogP contribution in [0.4, 0.5) is 5.69 Å². The lowest BCUT2D eigenvalue weighted by Gasteiger charge is -2.23. The summed E-state index contributed by atoms with van der Waals surface area (Å²) in [6, 6.07) is 11.6. The van der Waals surface area contributed by atoms with Gasteiger partial charge < -0.3 is 25.8 Å². The number of nitrogens with two attached hydrogens (primary N) is 1. The number of nitrogens with one attached hydrogen (secondary N) is 2. The molecule has 0 saturated heterocycles. The molecule has 0 aromatic heterocycles. The monoisotopic (exact) mass is 455 g/mol. The van der Waals surface area contributed by atoms with Gasteiger partial charge in [-0.1, -0.05) is 13.8 Å². The van der Waals surface area contributed by atoms with Gasteiger partial charge in [0.2, 0.25) is 5.91 Å². The number of carbonyl (C=O) groups excluding carboxylic acids is 4. The highest BCUT2D eigenvalue weighted by atomic mass is 16.5. The van der Waals surface area contributed by atoms with Crippen LogP contribution in [0.2, 0.25) is 0 Å². The summed E-state index contributed by atoms with van der Waals surface area (Å²) in [6.45, 7) is 7.32. The van der Waals surface area contributed by atoms with Crippen LogP contribution in [-0.2, 0) is 14.3 Å². The van der Waals surface area contributed by atoms with Crippen molar-refractivity contribution in [1.29, 1.82) is 0 Å². The van der Waals surface area contributed by atoms with E-state index >= 15 is 0 Å². The Kier molecular flexibility index (Phi) is 8.97. The van der Waals surface area contributed by atoms with Crippen molar-refractivity contribution in [2.45, 2.75) is 39.8 Å². The average Bonchev–Trinajstić information content (AvgIpc) is 2.78. The van der Waals surface area contributed by atoms with E-state index in [1.165, 1.54) is 31.2 Å². The van der Waals surface area contributed by atoms with Gasteiger partial charge in [-0.3, -0.25) is 14.4 Å². The number of anilines is 1. The van der Waals surface area contributed by atoms with E-state index in [1.54, 1.807) is 38.1 Å². The van der Waals surface area contributed by atoms with Crippen molar-refractivity contribution < 1.29 is 28.7 Å². The smallest absolute Gasteiger partial charge is 0.329 e. The number of hydrogen-bond acceptors (Lipinski definition) is 6. The fourth-order valence-corrected chi connectivity index (χ4v) is 2.85. The van der Waals surface area contributed by atoms with Gasteiger partial charge in [0.15, 0.2) is 6.10 Å². The molecule has 0 bridgehead atoms. The summed E-state index contributed by atoms with van der Waals surface area (Å²) >= 11 is 0. The maximum atomic E-state index is 12.7. The zero-order valence-corrected chi connectivity index (χ0v) is 19.1. The molecule has 0 radical (unpaired) electrons. The van der Waals surface area contributed by atoms with Gasteiger partial charge in [-0.25, -0.2) is 4.79 Å². The summed E-state index contributed by atoms with van der Waals surface area (Å²) in [5.74, 6) is -1.95. The number of hydrogen-bond donors (Lipinski definition) is 3. The number of rotatable bonds is 10. The Morgan fingerprint density at radius 3 is 2.00 bits per heavy atom. The minimum atomic E-state index is -1.11. The van der Waals surface area contributed by atoms with Gasteiger partial charge in [-0.2, -0.15) is 0 Å². The lowest BCUT2D eigenvalue weighted by molar-refractivity contribution is -0.156. The molecule has 0 aliphatic carbocycles. The third kappa shape index (κ3) is 7.34. The Hall–Kier alpha value is -3.88. The number of carbonyl (C=O) groups is 4. The maximum absolute atomic E-state index is 12.7. The molecule has 3 amide bonds. The van der Waals surface area contributed by atoms with Crippen molar-refractivity contribution in [3.63, 3.8) is 0 Å². The van der Waals surface area contributed by atoms with Crippen LogP contribution in [0.5, 0.6) is 5.75 Å². The largest absolute Gasteiger partial charge is 0.494 e. The van der Waals surface area contributed by atoms with Crippen LogP contribution in [0.25, 0.3) is 0 Å². The SMILES string of the molecule is CCOc1ccc(C(=O)N[C@H](C(=O)OC(C)C(=O)Nc2ccc(C(N)=O)cc2)C(C)C)cc1. The molecule has 2 rings (SSSR count). The maximum Gasteiger partial charge on any atom is 0.329 e. The minimum absolute atomic E-state index is 0.277. The van der Waals surface area contributed by atoms with Crippen LogP contribution < -0.4 is 21.1 Å². The standard InChI is InChI=1S/C24H29N3O6/c1-5-32-19-12-8-17(9-13-19)23(30)27-20(14(2)3)24(31)33-15(4)22(29)26-18-10-6-16(7-11-18)21(25)28/h6-15,20H,5H2,1-4H3,(H2,25,28)(H,26,29)(H,27,30)/t15?,20-/m0/s1. The summed E-state index contributed by atoms with van der Waals surface area (Å²) in [6.07, 6.45) is -1.11. The fraction of sp³-hybridized carbons (Fsp3) is 0.333. The first-order valence-electron chi connectivity index (χ1n) is 10.6. The van der Waals surface area contributed by atoms with Gasteiger partial charge in [0.05, 0.1) is 6.61 Å². The van der Waals surface area contributed by atoms with Crippen molar-refractivity contribution in [1.82, 2.24) is 5.32 Å². The molecule has 2 atom stereocenters. The van der Waals surface area contributed by atoms with Gasteiger partial charge in [-0.15, -0.1) is 0 Å². The Labute approximate surface area is 192 Å². The van der Waals surface area contributed by atoms with E-state index in [0.29, 0.717) is 29.2 Å². The predicted octanol–water partition coefficient (Wildman–Crippen LogP) is 2.51. The molecule has 4 N–H and O–H groups in total. The highest BCUT2D eigenvalue weighted by molar-refractivity contribution is 5.99. The summed E-state index contributed by atoms with van der Waals surface area (Å²) in [7, 11) is 0. The Morgan fingerprint density at radius 2 is 1.48 bits per heavy atom. The second-order valence-electron chi connectivity index (χ2n) is 7.66. The second-order valence-corrected chi connectivity index (χ2v) is 7.66. The lowest BCUT2D eigenvalue weighted by Crippen LogP contribution is -2.47. The van der Waals surface area contributed by atoms with Crippen LogP contribution >= 0.6 is 0 Å². The first-order chi connectivity index (χ1) is 15.6. The molecule has 9 heteroatoms. The summed E-state index contributed by atoms with van der Waals surface area (Å²) in [5, 5.41) is 5.26. The Morgan fingerprint density at radius 1 is 0.909 bits per heavy atom. The number of esters is 1. The quantitative estimate of drug-likeness (QED) is 0.471. The second kappa shape index (κ2) is 11.7. The number of primary amides is 1. The van der Waals surface area contributed by atoms with Crippen molar-refractivity contribution in [3.05, 3.63) is 59.7 Å². The molecule has 0 spiro atoms. The average molecular weight is 456 g/mol. The van der Waals surface area contributed by atoms with E-state index in [2.05, 4.69) is 10.6 Å². The highest BCUT2D eigenvalue weighted by Gasteiger charge is 2.29. The summed E-state index contributed by atoms with van der Waals surface area (Å²) in [5.41, 5.74) is 6.27. The Bertz CT molecular complexity index is 986. The van der Waals surface area contributed by atoms with Gasteiger partial charge in [-0.05, 0) is 68.3 Å². The van der Waals surface area contributed by atoms with Gasteiger partial charge >= 0.3 is 5.97 Å². The molecule has 0 fully saturated rings. The van der Waals surface area contributed by atoms with Gasteiger partial charge in [0, 0.05) is 16.8 Å². The molecular formula is C24H29N3O6. The molecule has 9 nitrogen and oxygen atoms in total. The summed E-state index contributed by atoms with van der Waals surface area (Å²) < 4.78 is 10.7. The van der Waals surface area contributed by atoms with E-state index in [9.17, 15) is 19.2 Å². The molecule has 33 heavy (non-hydrogen) atoms. The molecule has 0 saturated carbocycles. The Balaban J connectivity index is 1.98. The molecule has 176 valence electrons. The van der Waals surface area contributed by atoms with Crippen molar-refractivity contribution in [2.75, 3.05) is 11.9 Å². The molecule has 2 aromatic carbocycles. The van der Waals surface area contributed by atoms with Crippen molar-refractivity contribution in [3.8, 4) is 5.75 Å². The van der Waals surface area contributed by atoms with E-state index < -0.39 is 35.8 Å². The van der Waals surface area contributed by atoms with E-state index in [1.807, 2.05) is 6.92 Å².